The Bertz CT molecular complexity index is 1070. The normalized spacial score (nSPS) is 10.4. The third-order valence-corrected chi connectivity index (χ3v) is 4.41. The first-order valence-electron chi connectivity index (χ1n) is 9.77. The average molecular weight is 397 g/mol. The van der Waals surface area contributed by atoms with E-state index in [9.17, 15) is 0 Å². The molecule has 0 aliphatic heterocycles. The fourth-order valence-corrected chi connectivity index (χ4v) is 2.91. The summed E-state index contributed by atoms with van der Waals surface area (Å²) in [4.78, 5) is 13.2. The summed E-state index contributed by atoms with van der Waals surface area (Å²) in [6, 6.07) is 23.7. The van der Waals surface area contributed by atoms with Crippen LogP contribution in [0.1, 0.15) is 16.8 Å². The molecule has 0 amide bonds. The van der Waals surface area contributed by atoms with Gasteiger partial charge in [-0.2, -0.15) is 4.98 Å². The number of hydrogen-bond acceptors (Lipinski definition) is 6. The van der Waals surface area contributed by atoms with Crippen molar-refractivity contribution in [3.63, 3.8) is 0 Å². The molecule has 0 aliphatic rings. The van der Waals surface area contributed by atoms with Crippen molar-refractivity contribution in [3.8, 4) is 5.75 Å². The summed E-state index contributed by atoms with van der Waals surface area (Å²) in [7, 11) is 0. The molecule has 0 saturated carbocycles. The largest absolute Gasteiger partial charge is 0.489 e. The molecule has 150 valence electrons. The zero-order valence-electron chi connectivity index (χ0n) is 16.7. The van der Waals surface area contributed by atoms with Crippen molar-refractivity contribution in [2.45, 2.75) is 20.1 Å². The minimum atomic E-state index is 0.542. The number of nitrogens with one attached hydrogen (secondary N) is 2. The summed E-state index contributed by atoms with van der Waals surface area (Å²) in [5, 5.41) is 6.57. The van der Waals surface area contributed by atoms with Crippen molar-refractivity contribution in [1.29, 1.82) is 0 Å². The molecule has 0 atom stereocenters. The molecule has 0 bridgehead atoms. The number of anilines is 3. The van der Waals surface area contributed by atoms with E-state index in [2.05, 4.69) is 25.6 Å². The van der Waals surface area contributed by atoms with Gasteiger partial charge in [0.05, 0.1) is 0 Å². The van der Waals surface area contributed by atoms with Crippen molar-refractivity contribution in [2.24, 2.45) is 0 Å². The fourth-order valence-electron chi connectivity index (χ4n) is 2.91. The van der Waals surface area contributed by atoms with E-state index in [1.54, 1.807) is 6.20 Å². The number of hydrogen-bond donors (Lipinski definition) is 2. The lowest BCUT2D eigenvalue weighted by Gasteiger charge is -2.11. The average Bonchev–Trinajstić information content (AvgIpc) is 2.78. The number of ether oxygens (including phenoxy) is 1. The van der Waals surface area contributed by atoms with Gasteiger partial charge in [0.2, 0.25) is 5.95 Å². The Labute approximate surface area is 176 Å². The van der Waals surface area contributed by atoms with Crippen LogP contribution in [0.5, 0.6) is 5.75 Å². The zero-order valence-corrected chi connectivity index (χ0v) is 16.7. The van der Waals surface area contributed by atoms with Gasteiger partial charge in [-0.05, 0) is 48.4 Å². The first kappa shape index (κ1) is 19.4. The highest BCUT2D eigenvalue weighted by Gasteiger charge is 2.04. The van der Waals surface area contributed by atoms with E-state index >= 15 is 0 Å². The Hall–Kier alpha value is -3.93. The highest BCUT2D eigenvalue weighted by Crippen LogP contribution is 2.20. The lowest BCUT2D eigenvalue weighted by Crippen LogP contribution is -2.05. The summed E-state index contributed by atoms with van der Waals surface area (Å²) in [6.45, 7) is 3.14. The highest BCUT2D eigenvalue weighted by molar-refractivity contribution is 5.56. The van der Waals surface area contributed by atoms with Crippen LogP contribution in [0.2, 0.25) is 0 Å². The monoisotopic (exact) mass is 397 g/mol. The van der Waals surface area contributed by atoms with Gasteiger partial charge in [0.15, 0.2) is 0 Å². The molecular formula is C24H23N5O. The maximum atomic E-state index is 5.84. The van der Waals surface area contributed by atoms with Crippen molar-refractivity contribution in [1.82, 2.24) is 15.0 Å². The van der Waals surface area contributed by atoms with Crippen LogP contribution in [-0.2, 0) is 13.2 Å². The maximum absolute atomic E-state index is 5.84. The van der Waals surface area contributed by atoms with E-state index in [0.29, 0.717) is 19.1 Å². The predicted octanol–water partition coefficient (Wildman–Crippen LogP) is 5.11. The van der Waals surface area contributed by atoms with Gasteiger partial charge in [0, 0.05) is 36.4 Å². The first-order chi connectivity index (χ1) is 14.7. The van der Waals surface area contributed by atoms with E-state index in [0.717, 1.165) is 34.1 Å². The molecule has 2 heterocycles. The lowest BCUT2D eigenvalue weighted by molar-refractivity contribution is 0.306. The van der Waals surface area contributed by atoms with Crippen LogP contribution in [0.25, 0.3) is 0 Å². The molecule has 6 heteroatoms. The summed E-state index contributed by atoms with van der Waals surface area (Å²) >= 11 is 0. The molecule has 0 radical (unpaired) electrons. The van der Waals surface area contributed by atoms with Gasteiger partial charge in [-0.15, -0.1) is 0 Å². The molecular weight excluding hydrogens is 374 g/mol. The Morgan fingerprint density at radius 3 is 2.43 bits per heavy atom. The summed E-state index contributed by atoms with van der Waals surface area (Å²) in [5.41, 5.74) is 4.00. The fraction of sp³-hybridized carbons (Fsp3) is 0.125. The Morgan fingerprint density at radius 2 is 1.67 bits per heavy atom. The quantitative estimate of drug-likeness (QED) is 0.430. The number of rotatable bonds is 8. The molecule has 0 unspecified atom stereocenters. The van der Waals surface area contributed by atoms with Crippen LogP contribution in [0.15, 0.2) is 85.2 Å². The second-order valence-electron chi connectivity index (χ2n) is 6.86. The van der Waals surface area contributed by atoms with Gasteiger partial charge in [-0.25, -0.2) is 4.98 Å². The van der Waals surface area contributed by atoms with Gasteiger partial charge in [-0.1, -0.05) is 36.4 Å². The highest BCUT2D eigenvalue weighted by atomic mass is 16.5. The summed E-state index contributed by atoms with van der Waals surface area (Å²) < 4.78 is 5.84. The standard InChI is InChI=1S/C24H23N5O/c1-18-14-23(26-16-20-8-5-13-25-15-20)29-24(27-18)28-21-9-11-22(12-10-21)30-17-19-6-3-2-4-7-19/h2-15H,16-17H2,1H3,(H2,26,27,28,29). The maximum Gasteiger partial charge on any atom is 0.229 e. The topological polar surface area (TPSA) is 72.0 Å². The number of pyridine rings is 1. The Balaban J connectivity index is 1.37. The smallest absolute Gasteiger partial charge is 0.229 e. The Kier molecular flexibility index (Phi) is 6.15. The van der Waals surface area contributed by atoms with Gasteiger partial charge < -0.3 is 15.4 Å². The third-order valence-electron chi connectivity index (χ3n) is 4.41. The molecule has 2 aromatic carbocycles. The third kappa shape index (κ3) is 5.54. The molecule has 4 rings (SSSR count). The lowest BCUT2D eigenvalue weighted by atomic mass is 10.2. The number of nitrogens with zero attached hydrogens (tertiary/aromatic N) is 3. The zero-order chi connectivity index (χ0) is 20.6. The summed E-state index contributed by atoms with van der Waals surface area (Å²) in [6.07, 6.45) is 3.60. The minimum absolute atomic E-state index is 0.542. The number of aryl methyl sites for hydroxylation is 1. The molecule has 2 N–H and O–H groups in total. The molecule has 6 nitrogen and oxygen atoms in total. The summed E-state index contributed by atoms with van der Waals surface area (Å²) in [5.74, 6) is 2.12. The molecule has 30 heavy (non-hydrogen) atoms. The van der Waals surface area contributed by atoms with Crippen LogP contribution in [0.4, 0.5) is 17.5 Å². The first-order valence-corrected chi connectivity index (χ1v) is 9.77. The number of aromatic nitrogens is 3. The van der Waals surface area contributed by atoms with Crippen LogP contribution >= 0.6 is 0 Å². The number of benzene rings is 2. The molecule has 4 aromatic rings. The van der Waals surface area contributed by atoms with Crippen LogP contribution < -0.4 is 15.4 Å². The van der Waals surface area contributed by atoms with Crippen LogP contribution in [0, 0.1) is 6.92 Å². The van der Waals surface area contributed by atoms with Crippen molar-refractivity contribution >= 4 is 17.5 Å². The SMILES string of the molecule is Cc1cc(NCc2cccnc2)nc(Nc2ccc(OCc3ccccc3)cc2)n1. The van der Waals surface area contributed by atoms with E-state index in [-0.39, 0.29) is 0 Å². The Morgan fingerprint density at radius 1 is 0.867 bits per heavy atom. The molecule has 0 saturated heterocycles. The van der Waals surface area contributed by atoms with Crippen molar-refractivity contribution in [3.05, 3.63) is 102 Å². The molecule has 0 aliphatic carbocycles. The van der Waals surface area contributed by atoms with Crippen molar-refractivity contribution < 1.29 is 4.74 Å². The van der Waals surface area contributed by atoms with E-state index in [4.69, 9.17) is 4.74 Å². The van der Waals surface area contributed by atoms with E-state index in [1.807, 2.05) is 85.9 Å². The van der Waals surface area contributed by atoms with Gasteiger partial charge in [0.25, 0.3) is 0 Å². The van der Waals surface area contributed by atoms with Gasteiger partial charge in [-0.3, -0.25) is 4.98 Å². The molecule has 0 fully saturated rings. The van der Waals surface area contributed by atoms with E-state index < -0.39 is 0 Å². The predicted molar refractivity (Wildman–Crippen MR) is 119 cm³/mol. The van der Waals surface area contributed by atoms with E-state index in [1.165, 1.54) is 0 Å². The molecule has 0 spiro atoms. The second kappa shape index (κ2) is 9.52. The van der Waals surface area contributed by atoms with Gasteiger partial charge in [0.1, 0.15) is 18.2 Å². The minimum Gasteiger partial charge on any atom is -0.489 e. The molecule has 2 aromatic heterocycles. The van der Waals surface area contributed by atoms with Crippen molar-refractivity contribution in [2.75, 3.05) is 10.6 Å². The second-order valence-corrected chi connectivity index (χ2v) is 6.86. The van der Waals surface area contributed by atoms with Gasteiger partial charge >= 0.3 is 0 Å². The van der Waals surface area contributed by atoms with Crippen LogP contribution in [0.3, 0.4) is 0 Å². The van der Waals surface area contributed by atoms with Crippen LogP contribution in [-0.4, -0.2) is 15.0 Å².